The lowest BCUT2D eigenvalue weighted by Crippen LogP contribution is -2.49. The Morgan fingerprint density at radius 2 is 1.79 bits per heavy atom. The third kappa shape index (κ3) is 7.75. The molecule has 2 aliphatic rings. The minimum absolute atomic E-state index is 0.0685. The smallest absolute Gasteiger partial charge is 0.397 e. The van der Waals surface area contributed by atoms with Gasteiger partial charge in [-0.05, 0) is 107 Å². The largest absolute Gasteiger partial charge is 0.426 e. The Bertz CT molecular complexity index is 1730. The van der Waals surface area contributed by atoms with E-state index in [2.05, 4.69) is 64.1 Å². The average Bonchev–Trinajstić information content (AvgIpc) is 3.33. The highest BCUT2D eigenvalue weighted by atomic mass is 79.9. The van der Waals surface area contributed by atoms with Crippen LogP contribution >= 0.6 is 31.9 Å². The van der Waals surface area contributed by atoms with Gasteiger partial charge in [-0.1, -0.05) is 30.3 Å². The molecule has 4 N–H and O–H groups in total. The first-order valence-electron chi connectivity index (χ1n) is 15.9. The van der Waals surface area contributed by atoms with Gasteiger partial charge in [0.2, 0.25) is 0 Å². The third-order valence-corrected chi connectivity index (χ3v) is 10.2. The number of aromatic nitrogens is 2. The summed E-state index contributed by atoms with van der Waals surface area (Å²) >= 11 is 7.13. The van der Waals surface area contributed by atoms with Crippen molar-refractivity contribution in [3.05, 3.63) is 86.6 Å². The summed E-state index contributed by atoms with van der Waals surface area (Å²) in [6.07, 6.45) is 2.13. The number of carbonyl (C=O) groups excluding carboxylic acids is 2. The number of nitrogen functional groups attached to an aromatic ring is 1. The molecule has 47 heavy (non-hydrogen) atoms. The van der Waals surface area contributed by atoms with E-state index in [1.54, 1.807) is 5.06 Å². The second-order valence-electron chi connectivity index (χ2n) is 12.4. The quantitative estimate of drug-likeness (QED) is 0.174. The molecule has 1 aromatic heterocycles. The Balaban J connectivity index is 1.16. The van der Waals surface area contributed by atoms with Gasteiger partial charge in [0, 0.05) is 59.8 Å². The van der Waals surface area contributed by atoms with Gasteiger partial charge >= 0.3 is 12.1 Å². The monoisotopic (exact) mass is 766 g/mol. The Kier molecular flexibility index (Phi) is 10.4. The van der Waals surface area contributed by atoms with Crippen LogP contribution in [-0.2, 0) is 24.2 Å². The van der Waals surface area contributed by atoms with Crippen molar-refractivity contribution in [2.24, 2.45) is 0 Å². The van der Waals surface area contributed by atoms with Gasteiger partial charge in [0.1, 0.15) is 5.82 Å². The van der Waals surface area contributed by atoms with Crippen LogP contribution in [0.5, 0.6) is 0 Å². The maximum Gasteiger partial charge on any atom is 0.426 e. The molecule has 4 aromatic rings. The van der Waals surface area contributed by atoms with Crippen molar-refractivity contribution >= 4 is 66.4 Å². The van der Waals surface area contributed by atoms with Gasteiger partial charge in [0.05, 0.1) is 22.8 Å². The number of piperidine rings is 1. The molecular formula is C34H40Br2N8O3. The number of nitrogens with zero attached hydrogens (tertiary/aromatic N) is 5. The van der Waals surface area contributed by atoms with Crippen molar-refractivity contribution < 1.29 is 14.4 Å². The van der Waals surface area contributed by atoms with E-state index in [1.165, 1.54) is 0 Å². The van der Waals surface area contributed by atoms with Crippen LogP contribution in [-0.4, -0.2) is 82.9 Å². The second-order valence-corrected chi connectivity index (χ2v) is 14.1. The summed E-state index contributed by atoms with van der Waals surface area (Å²) in [7, 11) is 4.08. The van der Waals surface area contributed by atoms with E-state index in [4.69, 9.17) is 15.6 Å². The fourth-order valence-electron chi connectivity index (χ4n) is 6.36. The molecule has 6 rings (SSSR count). The van der Waals surface area contributed by atoms with Gasteiger partial charge in [-0.3, -0.25) is 0 Å². The minimum Gasteiger partial charge on any atom is -0.397 e. The molecule has 11 nitrogen and oxygen atoms in total. The van der Waals surface area contributed by atoms with Crippen LogP contribution in [0.1, 0.15) is 35.8 Å². The number of hydrogen-bond acceptors (Lipinski definition) is 7. The molecule has 13 heteroatoms. The van der Waals surface area contributed by atoms with E-state index in [-0.39, 0.29) is 12.1 Å². The molecule has 0 radical (unpaired) electrons. The van der Waals surface area contributed by atoms with E-state index in [0.29, 0.717) is 51.1 Å². The van der Waals surface area contributed by atoms with Crippen molar-refractivity contribution in [3.63, 3.8) is 0 Å². The summed E-state index contributed by atoms with van der Waals surface area (Å²) in [5.41, 5.74) is 11.6. The minimum atomic E-state index is -0.545. The number of halogens is 2. The highest BCUT2D eigenvalue weighted by molar-refractivity contribution is 9.11. The van der Waals surface area contributed by atoms with Crippen molar-refractivity contribution in [3.8, 4) is 0 Å². The van der Waals surface area contributed by atoms with E-state index >= 15 is 0 Å². The maximum atomic E-state index is 13.5. The normalized spacial score (nSPS) is 16.5. The zero-order chi connectivity index (χ0) is 33.1. The predicted octanol–water partition coefficient (Wildman–Crippen LogP) is 6.18. The Hall–Kier alpha value is -3.65. The molecule has 248 valence electrons. The first kappa shape index (κ1) is 33.3. The number of para-hydroxylation sites is 3. The summed E-state index contributed by atoms with van der Waals surface area (Å²) in [6.45, 7) is 3.22. The number of hydroxylamine groups is 2. The molecule has 0 spiro atoms. The summed E-state index contributed by atoms with van der Waals surface area (Å²) < 4.78 is 3.72. The Labute approximate surface area is 291 Å². The molecule has 1 saturated heterocycles. The van der Waals surface area contributed by atoms with Crippen LogP contribution in [0.4, 0.5) is 21.0 Å². The molecule has 3 amide bonds. The first-order chi connectivity index (χ1) is 22.7. The molecule has 0 bridgehead atoms. The van der Waals surface area contributed by atoms with Crippen molar-refractivity contribution in [2.75, 3.05) is 51.3 Å². The van der Waals surface area contributed by atoms with E-state index in [1.807, 2.05) is 67.5 Å². The SMILES string of the molecule is CN(C)CCn1c([C@@H](Cc2cc(Br)c(N)c(Br)c2)NC(=O)ON2CCC(N3CCc4ccccc4NC3=O)CC2)nc2ccccc21. The highest BCUT2D eigenvalue weighted by Gasteiger charge is 2.32. The summed E-state index contributed by atoms with van der Waals surface area (Å²) in [4.78, 5) is 41.5. The molecule has 0 saturated carbocycles. The molecule has 3 aromatic carbocycles. The number of hydrogen-bond donors (Lipinski definition) is 3. The highest BCUT2D eigenvalue weighted by Crippen LogP contribution is 2.32. The number of fused-ring (bicyclic) bond motifs is 2. The average molecular weight is 769 g/mol. The molecule has 0 aliphatic carbocycles. The summed E-state index contributed by atoms with van der Waals surface area (Å²) in [5, 5.41) is 7.89. The second kappa shape index (κ2) is 14.6. The number of urea groups is 1. The molecule has 1 fully saturated rings. The number of amides is 3. The van der Waals surface area contributed by atoms with Gasteiger partial charge in [0.25, 0.3) is 0 Å². The molecule has 1 atom stereocenters. The lowest BCUT2D eigenvalue weighted by atomic mass is 10.0. The number of nitrogens with two attached hydrogens (primary N) is 1. The number of imidazole rings is 1. The lowest BCUT2D eigenvalue weighted by molar-refractivity contribution is -0.120. The summed E-state index contributed by atoms with van der Waals surface area (Å²) in [5.74, 6) is 0.751. The van der Waals surface area contributed by atoms with Gasteiger partial charge < -0.3 is 35.6 Å². The summed E-state index contributed by atoms with van der Waals surface area (Å²) in [6, 6.07) is 19.4. The topological polar surface area (TPSA) is 121 Å². The predicted molar refractivity (Wildman–Crippen MR) is 191 cm³/mol. The van der Waals surface area contributed by atoms with Crippen LogP contribution in [0.15, 0.2) is 69.6 Å². The van der Waals surface area contributed by atoms with Crippen LogP contribution in [0.3, 0.4) is 0 Å². The van der Waals surface area contributed by atoms with Crippen LogP contribution in [0.2, 0.25) is 0 Å². The maximum absolute atomic E-state index is 13.5. The fourth-order valence-corrected chi connectivity index (χ4v) is 7.64. The first-order valence-corrected chi connectivity index (χ1v) is 17.5. The van der Waals surface area contributed by atoms with Gasteiger partial charge in [-0.25, -0.2) is 14.6 Å². The number of benzene rings is 3. The standard InChI is InChI=1S/C34H40Br2N8O3/c1-41(2)17-18-44-30-10-6-5-9-28(30)38-32(44)29(21-22-19-25(35)31(37)26(36)20-22)40-34(46)47-42-14-12-24(13-15-42)43-16-11-23-7-3-4-8-27(23)39-33(43)45/h3-10,19-20,24,29H,11-18,21,37H2,1-2H3,(H,39,45)(H,40,46)/t29-/m1/s1. The van der Waals surface area contributed by atoms with E-state index < -0.39 is 12.1 Å². The van der Waals surface area contributed by atoms with Crippen molar-refractivity contribution in [1.29, 1.82) is 0 Å². The zero-order valence-electron chi connectivity index (χ0n) is 26.6. The molecule has 0 unspecified atom stereocenters. The van der Waals surface area contributed by atoms with Crippen LogP contribution in [0.25, 0.3) is 11.0 Å². The van der Waals surface area contributed by atoms with Gasteiger partial charge in [-0.15, -0.1) is 5.06 Å². The van der Waals surface area contributed by atoms with Gasteiger partial charge in [0.15, 0.2) is 0 Å². The Morgan fingerprint density at radius 1 is 1.09 bits per heavy atom. The van der Waals surface area contributed by atoms with Crippen LogP contribution in [0, 0.1) is 0 Å². The zero-order valence-corrected chi connectivity index (χ0v) is 29.8. The number of nitrogens with one attached hydrogen (secondary N) is 2. The van der Waals surface area contributed by atoms with Gasteiger partial charge in [-0.2, -0.15) is 0 Å². The van der Waals surface area contributed by atoms with E-state index in [9.17, 15) is 9.59 Å². The number of likely N-dealkylation sites (N-methyl/N-ethyl adjacent to an activating group) is 1. The van der Waals surface area contributed by atoms with Crippen molar-refractivity contribution in [2.45, 2.75) is 44.3 Å². The third-order valence-electron chi connectivity index (χ3n) is 8.86. The number of carbonyl (C=O) groups is 2. The van der Waals surface area contributed by atoms with E-state index in [0.717, 1.165) is 55.6 Å². The van der Waals surface area contributed by atoms with Crippen molar-refractivity contribution in [1.82, 2.24) is 29.7 Å². The number of anilines is 2. The molecule has 2 aliphatic heterocycles. The fraction of sp³-hybridized carbons (Fsp3) is 0.382. The number of rotatable bonds is 9. The molecular weight excluding hydrogens is 728 g/mol. The lowest BCUT2D eigenvalue weighted by Gasteiger charge is -2.37. The Morgan fingerprint density at radius 3 is 2.53 bits per heavy atom. The molecule has 3 heterocycles. The van der Waals surface area contributed by atoms with Crippen LogP contribution < -0.4 is 16.4 Å².